The van der Waals surface area contributed by atoms with Gasteiger partial charge in [0.1, 0.15) is 0 Å². The summed E-state index contributed by atoms with van der Waals surface area (Å²) >= 11 is 0. The summed E-state index contributed by atoms with van der Waals surface area (Å²) in [5.41, 5.74) is 2.03. The highest BCUT2D eigenvalue weighted by atomic mass is 16.6. The smallest absolute Gasteiger partial charge is 0.308 e. The van der Waals surface area contributed by atoms with Crippen LogP contribution in [0.3, 0.4) is 0 Å². The van der Waals surface area contributed by atoms with Crippen LogP contribution in [0.2, 0.25) is 0 Å². The fourth-order valence-electron chi connectivity index (χ4n) is 3.83. The minimum Gasteiger partial charge on any atom is -0.456 e. The van der Waals surface area contributed by atoms with Crippen LogP contribution < -0.4 is 0 Å². The van der Waals surface area contributed by atoms with Crippen molar-refractivity contribution in [3.63, 3.8) is 0 Å². The molecule has 1 aliphatic carbocycles. The van der Waals surface area contributed by atoms with Gasteiger partial charge in [-0.3, -0.25) is 19.3 Å². The Hall–Kier alpha value is -3.29. The van der Waals surface area contributed by atoms with Gasteiger partial charge in [-0.1, -0.05) is 48.5 Å². The normalized spacial score (nSPS) is 20.5. The fourth-order valence-corrected chi connectivity index (χ4v) is 3.83. The molecule has 2 aliphatic rings. The lowest BCUT2D eigenvalue weighted by Crippen LogP contribution is -2.33. The molecule has 1 aromatic heterocycles. The van der Waals surface area contributed by atoms with Gasteiger partial charge in [-0.15, -0.1) is 0 Å². The number of allylic oxidation sites excluding steroid dienone is 2. The van der Waals surface area contributed by atoms with E-state index in [2.05, 4.69) is 17.1 Å². The van der Waals surface area contributed by atoms with Crippen molar-refractivity contribution in [2.75, 3.05) is 6.54 Å². The highest BCUT2D eigenvalue weighted by Gasteiger charge is 2.46. The Bertz CT molecular complexity index is 953. The van der Waals surface area contributed by atoms with Gasteiger partial charge < -0.3 is 9.26 Å². The third-order valence-corrected chi connectivity index (χ3v) is 5.58. The lowest BCUT2D eigenvalue weighted by atomic mass is 9.85. The number of hydrogen-bond acceptors (Lipinski definition) is 7. The molecule has 0 N–H and O–H groups in total. The van der Waals surface area contributed by atoms with Gasteiger partial charge in [0.05, 0.1) is 18.3 Å². The van der Waals surface area contributed by atoms with Crippen LogP contribution in [0, 0.1) is 11.8 Å². The van der Waals surface area contributed by atoms with Crippen molar-refractivity contribution in [2.45, 2.75) is 39.2 Å². The molecule has 0 unspecified atom stereocenters. The van der Waals surface area contributed by atoms with E-state index in [0.29, 0.717) is 18.7 Å². The SMILES string of the molecule is CCc1ccc(-c2noc(COC(=O)CCN3C(=O)[C@H]4CC=CC[C@H]4C3=O)n2)cc1. The standard InChI is InChI=1S/C22H23N3O5/c1-2-14-7-9-15(10-8-14)20-23-18(30-24-20)13-29-19(26)11-12-25-21(27)16-5-3-4-6-17(16)22(25)28/h3-4,7-10,16-17H,2,5-6,11-13H2,1H3/t16-,17+. The first-order chi connectivity index (χ1) is 14.6. The number of aromatic nitrogens is 2. The number of esters is 1. The van der Waals surface area contributed by atoms with Gasteiger partial charge in [0.25, 0.3) is 5.89 Å². The van der Waals surface area contributed by atoms with Crippen LogP contribution in [-0.4, -0.2) is 39.4 Å². The summed E-state index contributed by atoms with van der Waals surface area (Å²) in [7, 11) is 0. The molecule has 2 aromatic rings. The number of likely N-dealkylation sites (tertiary alicyclic amines) is 1. The van der Waals surface area contributed by atoms with Crippen molar-refractivity contribution in [1.82, 2.24) is 15.0 Å². The average molecular weight is 409 g/mol. The van der Waals surface area contributed by atoms with Crippen molar-refractivity contribution in [1.29, 1.82) is 0 Å². The molecule has 2 amide bonds. The molecular weight excluding hydrogens is 386 g/mol. The van der Waals surface area contributed by atoms with E-state index in [1.54, 1.807) is 0 Å². The summed E-state index contributed by atoms with van der Waals surface area (Å²) in [5.74, 6) is -0.897. The number of amides is 2. The van der Waals surface area contributed by atoms with E-state index in [1.807, 2.05) is 36.4 Å². The second kappa shape index (κ2) is 8.61. The monoisotopic (exact) mass is 409 g/mol. The van der Waals surface area contributed by atoms with Crippen molar-refractivity contribution >= 4 is 17.8 Å². The number of benzene rings is 1. The summed E-state index contributed by atoms with van der Waals surface area (Å²) in [6.07, 6.45) is 5.90. The zero-order chi connectivity index (χ0) is 21.1. The minimum atomic E-state index is -0.532. The Balaban J connectivity index is 1.27. The van der Waals surface area contributed by atoms with Crippen LogP contribution in [0.15, 0.2) is 40.9 Å². The van der Waals surface area contributed by atoms with E-state index >= 15 is 0 Å². The molecular formula is C22H23N3O5. The number of carbonyl (C=O) groups is 3. The van der Waals surface area contributed by atoms with Gasteiger partial charge in [-0.05, 0) is 24.8 Å². The lowest BCUT2D eigenvalue weighted by Gasteiger charge is -2.14. The number of aryl methyl sites for hydroxylation is 1. The van der Waals surface area contributed by atoms with Crippen molar-refractivity contribution in [2.24, 2.45) is 11.8 Å². The first kappa shape index (κ1) is 20.0. The van der Waals surface area contributed by atoms with E-state index in [0.717, 1.165) is 12.0 Å². The molecule has 1 aliphatic heterocycles. The number of rotatable bonds is 7. The number of hydrogen-bond donors (Lipinski definition) is 0. The van der Waals surface area contributed by atoms with Gasteiger partial charge in [-0.2, -0.15) is 4.98 Å². The quantitative estimate of drug-likeness (QED) is 0.393. The molecule has 8 nitrogen and oxygen atoms in total. The summed E-state index contributed by atoms with van der Waals surface area (Å²) in [5, 5.41) is 3.91. The lowest BCUT2D eigenvalue weighted by molar-refractivity contribution is -0.147. The van der Waals surface area contributed by atoms with Gasteiger partial charge >= 0.3 is 5.97 Å². The molecule has 0 bridgehead atoms. The molecule has 4 rings (SSSR count). The van der Waals surface area contributed by atoms with E-state index in [9.17, 15) is 14.4 Å². The Labute approximate surface area is 173 Å². The highest BCUT2D eigenvalue weighted by Crippen LogP contribution is 2.35. The van der Waals surface area contributed by atoms with E-state index < -0.39 is 5.97 Å². The summed E-state index contributed by atoms with van der Waals surface area (Å²) in [6.45, 7) is 1.95. The van der Waals surface area contributed by atoms with Gasteiger partial charge in [-0.25, -0.2) is 0 Å². The topological polar surface area (TPSA) is 103 Å². The molecule has 2 atom stereocenters. The zero-order valence-corrected chi connectivity index (χ0v) is 16.7. The Kier molecular flexibility index (Phi) is 5.74. The van der Waals surface area contributed by atoms with Gasteiger partial charge in [0, 0.05) is 12.1 Å². The largest absolute Gasteiger partial charge is 0.456 e. The number of ether oxygens (including phenoxy) is 1. The summed E-state index contributed by atoms with van der Waals surface area (Å²) < 4.78 is 10.3. The number of nitrogens with zero attached hydrogens (tertiary/aromatic N) is 3. The second-order valence-electron chi connectivity index (χ2n) is 7.46. The maximum absolute atomic E-state index is 12.4. The first-order valence-corrected chi connectivity index (χ1v) is 10.1. The van der Waals surface area contributed by atoms with Crippen LogP contribution in [-0.2, 0) is 32.1 Å². The van der Waals surface area contributed by atoms with E-state index in [4.69, 9.17) is 9.26 Å². The van der Waals surface area contributed by atoms with E-state index in [1.165, 1.54) is 10.5 Å². The van der Waals surface area contributed by atoms with Gasteiger partial charge in [0.15, 0.2) is 6.61 Å². The molecule has 0 radical (unpaired) electrons. The third-order valence-electron chi connectivity index (χ3n) is 5.58. The molecule has 0 saturated carbocycles. The van der Waals surface area contributed by atoms with Crippen LogP contribution in [0.1, 0.15) is 37.6 Å². The predicted octanol–water partition coefficient (Wildman–Crippen LogP) is 2.68. The Morgan fingerprint density at radius 3 is 2.43 bits per heavy atom. The Morgan fingerprint density at radius 2 is 1.80 bits per heavy atom. The number of carbonyl (C=O) groups excluding carboxylic acids is 3. The predicted molar refractivity (Wildman–Crippen MR) is 106 cm³/mol. The minimum absolute atomic E-state index is 0.0301. The summed E-state index contributed by atoms with van der Waals surface area (Å²) in [4.78, 5) is 42.3. The van der Waals surface area contributed by atoms with Crippen LogP contribution in [0.5, 0.6) is 0 Å². The van der Waals surface area contributed by atoms with Gasteiger partial charge in [0.2, 0.25) is 17.6 Å². The number of imide groups is 1. The maximum atomic E-state index is 12.4. The molecule has 1 saturated heterocycles. The molecule has 1 aromatic carbocycles. The van der Waals surface area contributed by atoms with Crippen LogP contribution >= 0.6 is 0 Å². The van der Waals surface area contributed by atoms with E-state index in [-0.39, 0.29) is 49.1 Å². The molecule has 1 fully saturated rings. The molecule has 8 heteroatoms. The zero-order valence-electron chi connectivity index (χ0n) is 16.7. The highest BCUT2D eigenvalue weighted by molar-refractivity contribution is 6.05. The first-order valence-electron chi connectivity index (χ1n) is 10.1. The average Bonchev–Trinajstić information content (AvgIpc) is 3.35. The maximum Gasteiger partial charge on any atom is 0.308 e. The van der Waals surface area contributed by atoms with Crippen LogP contribution in [0.25, 0.3) is 11.4 Å². The number of fused-ring (bicyclic) bond motifs is 1. The molecule has 2 heterocycles. The molecule has 156 valence electrons. The van der Waals surface area contributed by atoms with Crippen molar-refractivity contribution in [3.8, 4) is 11.4 Å². The van der Waals surface area contributed by atoms with Crippen molar-refractivity contribution < 1.29 is 23.6 Å². The Morgan fingerprint density at radius 1 is 1.13 bits per heavy atom. The summed E-state index contributed by atoms with van der Waals surface area (Å²) in [6, 6.07) is 7.82. The molecule has 0 spiro atoms. The fraction of sp³-hybridized carbons (Fsp3) is 0.409. The van der Waals surface area contributed by atoms with Crippen molar-refractivity contribution in [3.05, 3.63) is 47.9 Å². The second-order valence-corrected chi connectivity index (χ2v) is 7.46. The molecule has 30 heavy (non-hydrogen) atoms. The third kappa shape index (κ3) is 4.03. The van der Waals surface area contributed by atoms with Crippen LogP contribution in [0.4, 0.5) is 0 Å².